The number of aromatic carboxylic acids is 2. The van der Waals surface area contributed by atoms with Crippen LogP contribution in [0.2, 0.25) is 0 Å². The van der Waals surface area contributed by atoms with E-state index in [1.807, 2.05) is 26.0 Å². The fourth-order valence-corrected chi connectivity index (χ4v) is 4.92. The summed E-state index contributed by atoms with van der Waals surface area (Å²) in [6.45, 7) is 3.92. The molecule has 8 nitrogen and oxygen atoms in total. The monoisotopic (exact) mass is 658 g/mol. The van der Waals surface area contributed by atoms with Gasteiger partial charge in [0, 0.05) is 15.2 Å². The van der Waals surface area contributed by atoms with Crippen LogP contribution in [0.1, 0.15) is 105 Å². The highest BCUT2D eigenvalue weighted by Gasteiger charge is 2.30. The Kier molecular flexibility index (Phi) is 12.0. The molecular weight excluding hydrogens is 627 g/mol. The van der Waals surface area contributed by atoms with Crippen LogP contribution < -0.4 is 0 Å². The van der Waals surface area contributed by atoms with E-state index in [2.05, 4.69) is 45.0 Å². The van der Waals surface area contributed by atoms with Crippen LogP contribution in [0.5, 0.6) is 0 Å². The molecule has 0 atom stereocenters. The number of carbonyl (C=O) groups is 4. The Labute approximate surface area is 240 Å². The van der Waals surface area contributed by atoms with Gasteiger partial charge in [-0.15, -0.1) is 0 Å². The van der Waals surface area contributed by atoms with Crippen LogP contribution in [-0.4, -0.2) is 47.8 Å². The number of carbonyl (C=O) groups excluding carboxylic acids is 2. The second kappa shape index (κ2) is 14.5. The lowest BCUT2D eigenvalue weighted by Gasteiger charge is -2.12. The highest BCUT2D eigenvalue weighted by molar-refractivity contribution is 14.1. The Hall–Kier alpha value is -2.66. The average molecular weight is 659 g/mol. The third-order valence-corrected chi connectivity index (χ3v) is 7.41. The molecule has 0 spiro atoms. The van der Waals surface area contributed by atoms with E-state index in [9.17, 15) is 19.2 Å². The average Bonchev–Trinajstić information content (AvgIpc) is 3.81. The van der Waals surface area contributed by atoms with Crippen LogP contribution in [-0.2, 0) is 22.3 Å². The van der Waals surface area contributed by atoms with E-state index in [0.29, 0.717) is 29.4 Å². The molecule has 0 aromatic heterocycles. The van der Waals surface area contributed by atoms with Crippen molar-refractivity contribution >= 4 is 57.5 Å². The molecule has 0 heterocycles. The van der Waals surface area contributed by atoms with Gasteiger partial charge in [-0.05, 0) is 107 Å². The number of hydrogen-bond donors (Lipinski definition) is 2. The van der Waals surface area contributed by atoms with Crippen molar-refractivity contribution in [3.63, 3.8) is 0 Å². The van der Waals surface area contributed by atoms with Crippen molar-refractivity contribution in [2.24, 2.45) is 0 Å². The number of methoxy groups -OCH3 is 2. The van der Waals surface area contributed by atoms with E-state index in [-0.39, 0.29) is 5.56 Å². The Morgan fingerprint density at radius 3 is 1.58 bits per heavy atom. The predicted octanol–water partition coefficient (Wildman–Crippen LogP) is 7.03. The van der Waals surface area contributed by atoms with Crippen molar-refractivity contribution in [3.8, 4) is 0 Å². The van der Waals surface area contributed by atoms with E-state index >= 15 is 0 Å². The fourth-order valence-electron chi connectivity index (χ4n) is 4.01. The molecule has 2 aliphatic rings. The van der Waals surface area contributed by atoms with Gasteiger partial charge < -0.3 is 19.7 Å². The fraction of sp³-hybridized carbons (Fsp3) is 0.429. The molecule has 0 amide bonds. The highest BCUT2D eigenvalue weighted by Crippen LogP contribution is 2.43. The molecule has 206 valence electrons. The number of esters is 1. The summed E-state index contributed by atoms with van der Waals surface area (Å²) in [5.74, 6) is -1.20. The summed E-state index contributed by atoms with van der Waals surface area (Å²) in [6.07, 6.45) is 6.05. The van der Waals surface area contributed by atoms with Gasteiger partial charge >= 0.3 is 23.3 Å². The van der Waals surface area contributed by atoms with Gasteiger partial charge in [-0.25, -0.2) is 19.2 Å². The van der Waals surface area contributed by atoms with Gasteiger partial charge in [0.05, 0.1) is 30.9 Å². The summed E-state index contributed by atoms with van der Waals surface area (Å²) in [5, 5.41) is 18.2. The minimum atomic E-state index is -1.00. The molecule has 0 aliphatic heterocycles. The lowest BCUT2D eigenvalue weighted by molar-refractivity contribution is 0.0598. The third-order valence-electron chi connectivity index (χ3n) is 6.32. The molecule has 0 saturated heterocycles. The zero-order chi connectivity index (χ0) is 28.6. The smallest absolute Gasteiger partial charge is 0.403 e. The van der Waals surface area contributed by atoms with Crippen LogP contribution in [0.15, 0.2) is 24.3 Å². The Balaban J connectivity index is 0.000000230. The Morgan fingerprint density at radius 2 is 1.21 bits per heavy atom. The zero-order valence-corrected chi connectivity index (χ0v) is 24.7. The van der Waals surface area contributed by atoms with Crippen molar-refractivity contribution in [1.82, 2.24) is 0 Å². The third kappa shape index (κ3) is 8.69. The molecule has 2 N–H and O–H groups in total. The zero-order valence-electron chi connectivity index (χ0n) is 21.8. The molecule has 10 heteroatoms. The van der Waals surface area contributed by atoms with E-state index in [1.165, 1.54) is 38.7 Å². The maximum Gasteiger partial charge on any atom is 0.403 e. The van der Waals surface area contributed by atoms with Gasteiger partial charge in [0.1, 0.15) is 0 Å². The second-order valence-electron chi connectivity index (χ2n) is 8.93. The van der Waals surface area contributed by atoms with Gasteiger partial charge in [0.15, 0.2) is 0 Å². The van der Waals surface area contributed by atoms with Crippen LogP contribution in [0.4, 0.5) is 4.79 Å². The molecule has 0 bridgehead atoms. The first-order chi connectivity index (χ1) is 18.0. The molecule has 2 fully saturated rings. The molecular formula is C28H32ClIO8. The van der Waals surface area contributed by atoms with Gasteiger partial charge in [-0.1, -0.05) is 26.0 Å². The van der Waals surface area contributed by atoms with E-state index in [4.69, 9.17) is 14.9 Å². The largest absolute Gasteiger partial charge is 0.478 e. The van der Waals surface area contributed by atoms with Gasteiger partial charge in [-0.3, -0.25) is 0 Å². The molecule has 4 rings (SSSR count). The Morgan fingerprint density at radius 1 is 0.789 bits per heavy atom. The van der Waals surface area contributed by atoms with Crippen LogP contribution in [0, 0.1) is 3.57 Å². The summed E-state index contributed by atoms with van der Waals surface area (Å²) >= 11 is 6.85. The normalized spacial score (nSPS) is 13.7. The first kappa shape index (κ1) is 31.6. The standard InChI is InChI=1S/C14H16O4.C12H13IO2.C2H3ClO2/c1-3-8-6-10(9-4-5-9)12(14(17)18-2)7-11(8)13(15)16;1-2-7-5-9(8-3-4-8)11(13)6-10(7)12(14)15;1-5-2(3)4/h6-7,9H,3-5H2,1-2H3,(H,15,16);5-6,8H,2-4H2,1H3,(H,14,15);1H3. The van der Waals surface area contributed by atoms with Gasteiger partial charge in [-0.2, -0.15) is 0 Å². The van der Waals surface area contributed by atoms with Crippen molar-refractivity contribution < 1.29 is 38.9 Å². The lowest BCUT2D eigenvalue weighted by atomic mass is 9.94. The lowest BCUT2D eigenvalue weighted by Crippen LogP contribution is -2.11. The van der Waals surface area contributed by atoms with Crippen molar-refractivity contribution in [1.29, 1.82) is 0 Å². The number of hydrogen-bond acceptors (Lipinski definition) is 6. The summed E-state index contributed by atoms with van der Waals surface area (Å²) < 4.78 is 9.71. The van der Waals surface area contributed by atoms with E-state index < -0.39 is 23.3 Å². The van der Waals surface area contributed by atoms with Gasteiger partial charge in [0.25, 0.3) is 0 Å². The molecule has 0 radical (unpaired) electrons. The topological polar surface area (TPSA) is 127 Å². The van der Waals surface area contributed by atoms with Crippen LogP contribution >= 0.6 is 34.2 Å². The van der Waals surface area contributed by atoms with Crippen molar-refractivity contribution in [2.75, 3.05) is 14.2 Å². The maximum atomic E-state index is 11.7. The first-order valence-corrected chi connectivity index (χ1v) is 13.7. The molecule has 0 unspecified atom stereocenters. The highest BCUT2D eigenvalue weighted by atomic mass is 127. The summed E-state index contributed by atoms with van der Waals surface area (Å²) in [5.41, 5.74) is 4.30. The number of carboxylic acid groups (broad SMARTS) is 2. The first-order valence-electron chi connectivity index (χ1n) is 12.3. The minimum absolute atomic E-state index is 0.197. The number of halogens is 2. The summed E-state index contributed by atoms with van der Waals surface area (Å²) in [7, 11) is 2.53. The summed E-state index contributed by atoms with van der Waals surface area (Å²) in [4.78, 5) is 43.3. The van der Waals surface area contributed by atoms with Crippen LogP contribution in [0.25, 0.3) is 0 Å². The predicted molar refractivity (Wildman–Crippen MR) is 152 cm³/mol. The maximum absolute atomic E-state index is 11.7. The van der Waals surface area contributed by atoms with Crippen LogP contribution in [0.3, 0.4) is 0 Å². The number of benzene rings is 2. The molecule has 2 aromatic carbocycles. The molecule has 2 aliphatic carbocycles. The van der Waals surface area contributed by atoms with Crippen molar-refractivity contribution in [2.45, 2.75) is 64.2 Å². The SMILES string of the molecule is CCc1cc(C2CC2)c(C(=O)OC)cc1C(=O)O.CCc1cc(C2CC2)c(I)cc1C(=O)O.COC(=O)Cl. The molecule has 38 heavy (non-hydrogen) atoms. The number of carboxylic acids is 2. The minimum Gasteiger partial charge on any atom is -0.478 e. The summed E-state index contributed by atoms with van der Waals surface area (Å²) in [6, 6.07) is 7.21. The number of ether oxygens (including phenoxy) is 2. The second-order valence-corrected chi connectivity index (χ2v) is 10.4. The molecule has 2 saturated carbocycles. The van der Waals surface area contributed by atoms with E-state index in [0.717, 1.165) is 39.5 Å². The van der Waals surface area contributed by atoms with E-state index in [1.54, 1.807) is 0 Å². The quantitative estimate of drug-likeness (QED) is 0.184. The van der Waals surface area contributed by atoms with Gasteiger partial charge in [0.2, 0.25) is 0 Å². The molecule has 2 aromatic rings. The number of aryl methyl sites for hydroxylation is 2. The Bertz CT molecular complexity index is 1200. The number of rotatable bonds is 7. The van der Waals surface area contributed by atoms with Crippen molar-refractivity contribution in [3.05, 3.63) is 66.8 Å².